The van der Waals surface area contributed by atoms with Crippen LogP contribution in [0.3, 0.4) is 0 Å². The van der Waals surface area contributed by atoms with Gasteiger partial charge in [0.05, 0.1) is 5.41 Å². The van der Waals surface area contributed by atoms with Gasteiger partial charge < -0.3 is 9.80 Å². The molecule has 3 rings (SSSR count). The summed E-state index contributed by atoms with van der Waals surface area (Å²) in [6, 6.07) is 10.2. The lowest BCUT2D eigenvalue weighted by Crippen LogP contribution is -2.51. The number of benzene rings is 1. The molecular formula is C18H24N2O2. The molecule has 2 heterocycles. The molecule has 0 unspecified atom stereocenters. The number of Topliss-reactive ketones (excluding diaryl/α,β-unsaturated/α-hetero) is 1. The highest BCUT2D eigenvalue weighted by Gasteiger charge is 2.41. The number of urea groups is 1. The molecule has 0 atom stereocenters. The number of carbonyl (C=O) groups is 2. The lowest BCUT2D eigenvalue weighted by molar-refractivity contribution is -0.124. The second kappa shape index (κ2) is 6.11. The molecule has 1 aromatic carbocycles. The Morgan fingerprint density at radius 1 is 0.909 bits per heavy atom. The van der Waals surface area contributed by atoms with Crippen LogP contribution in [0.1, 0.15) is 38.2 Å². The molecule has 0 N–H and O–H groups in total. The quantitative estimate of drug-likeness (QED) is 0.842. The topological polar surface area (TPSA) is 40.6 Å². The van der Waals surface area contributed by atoms with Crippen molar-refractivity contribution in [1.82, 2.24) is 9.80 Å². The molecule has 2 aliphatic heterocycles. The van der Waals surface area contributed by atoms with Gasteiger partial charge in [-0.1, -0.05) is 30.3 Å². The van der Waals surface area contributed by atoms with Gasteiger partial charge in [0.15, 0.2) is 0 Å². The summed E-state index contributed by atoms with van der Waals surface area (Å²) in [5.41, 5.74) is 0.680. The number of likely N-dealkylation sites (tertiary alicyclic amines) is 2. The summed E-state index contributed by atoms with van der Waals surface area (Å²) in [6.07, 6.45) is 3.68. The number of ketones is 1. The number of amides is 2. The highest BCUT2D eigenvalue weighted by molar-refractivity contribution is 5.88. The van der Waals surface area contributed by atoms with Crippen LogP contribution in [0.2, 0.25) is 0 Å². The molecule has 0 radical (unpaired) electrons. The Kier molecular flexibility index (Phi) is 4.19. The van der Waals surface area contributed by atoms with Crippen molar-refractivity contribution in [2.75, 3.05) is 26.2 Å². The lowest BCUT2D eigenvalue weighted by atomic mass is 9.70. The van der Waals surface area contributed by atoms with Crippen LogP contribution in [0.4, 0.5) is 4.79 Å². The Hall–Kier alpha value is -1.84. The van der Waals surface area contributed by atoms with Crippen LogP contribution < -0.4 is 0 Å². The van der Waals surface area contributed by atoms with Gasteiger partial charge in [-0.15, -0.1) is 0 Å². The molecule has 2 fully saturated rings. The molecule has 2 saturated heterocycles. The van der Waals surface area contributed by atoms with Crippen LogP contribution >= 0.6 is 0 Å². The third-order valence-electron chi connectivity index (χ3n) is 5.26. The van der Waals surface area contributed by atoms with E-state index in [1.807, 2.05) is 40.1 Å². The largest absolute Gasteiger partial charge is 0.325 e. The number of piperidine rings is 1. The fourth-order valence-corrected chi connectivity index (χ4v) is 3.79. The van der Waals surface area contributed by atoms with Crippen molar-refractivity contribution < 1.29 is 9.59 Å². The summed E-state index contributed by atoms with van der Waals surface area (Å²) in [5.74, 6) is 0.215. The minimum absolute atomic E-state index is 0.155. The zero-order valence-corrected chi connectivity index (χ0v) is 13.3. The van der Waals surface area contributed by atoms with E-state index in [0.29, 0.717) is 13.1 Å². The van der Waals surface area contributed by atoms with Crippen molar-refractivity contribution in [3.05, 3.63) is 35.9 Å². The number of hydrogen-bond acceptors (Lipinski definition) is 2. The second-order valence-electron chi connectivity index (χ2n) is 6.47. The maximum atomic E-state index is 12.5. The molecule has 22 heavy (non-hydrogen) atoms. The lowest BCUT2D eigenvalue weighted by Gasteiger charge is -2.41. The van der Waals surface area contributed by atoms with Crippen LogP contribution in [0, 0.1) is 0 Å². The van der Waals surface area contributed by atoms with E-state index in [1.54, 1.807) is 6.92 Å². The van der Waals surface area contributed by atoms with E-state index in [-0.39, 0.29) is 11.8 Å². The zero-order valence-electron chi connectivity index (χ0n) is 13.3. The third kappa shape index (κ3) is 2.62. The summed E-state index contributed by atoms with van der Waals surface area (Å²) in [6.45, 7) is 4.79. The smallest absolute Gasteiger partial charge is 0.319 e. The Morgan fingerprint density at radius 2 is 1.45 bits per heavy atom. The predicted octanol–water partition coefficient (Wildman–Crippen LogP) is 2.83. The minimum atomic E-state index is -0.414. The van der Waals surface area contributed by atoms with Gasteiger partial charge in [-0.2, -0.15) is 0 Å². The standard InChI is InChI=1S/C18H24N2O2/c1-15(21)18(16-7-3-2-4-8-16)9-13-20(14-10-18)17(22)19-11-5-6-12-19/h2-4,7-8H,5-6,9-14H2,1H3. The van der Waals surface area contributed by atoms with E-state index in [1.165, 1.54) is 0 Å². The van der Waals surface area contributed by atoms with Gasteiger partial charge in [0.2, 0.25) is 0 Å². The summed E-state index contributed by atoms with van der Waals surface area (Å²) < 4.78 is 0. The molecule has 1 aromatic rings. The van der Waals surface area contributed by atoms with Gasteiger partial charge >= 0.3 is 6.03 Å². The van der Waals surface area contributed by atoms with E-state index in [4.69, 9.17) is 0 Å². The van der Waals surface area contributed by atoms with E-state index in [0.717, 1.165) is 44.3 Å². The van der Waals surface area contributed by atoms with Gasteiger partial charge in [0.1, 0.15) is 5.78 Å². The van der Waals surface area contributed by atoms with Crippen LogP contribution in [-0.4, -0.2) is 47.8 Å². The van der Waals surface area contributed by atoms with Crippen molar-refractivity contribution in [2.24, 2.45) is 0 Å². The fraction of sp³-hybridized carbons (Fsp3) is 0.556. The second-order valence-corrected chi connectivity index (χ2v) is 6.47. The molecule has 0 aromatic heterocycles. The molecule has 2 aliphatic rings. The first-order valence-electron chi connectivity index (χ1n) is 8.24. The van der Waals surface area contributed by atoms with Crippen molar-refractivity contribution >= 4 is 11.8 Å². The monoisotopic (exact) mass is 300 g/mol. The highest BCUT2D eigenvalue weighted by Crippen LogP contribution is 2.36. The number of carbonyl (C=O) groups excluding carboxylic acids is 2. The number of rotatable bonds is 2. The average molecular weight is 300 g/mol. The SMILES string of the molecule is CC(=O)C1(c2ccccc2)CCN(C(=O)N2CCCC2)CC1. The molecule has 4 heteroatoms. The van der Waals surface area contributed by atoms with Crippen LogP contribution in [0.5, 0.6) is 0 Å². The van der Waals surface area contributed by atoms with Gasteiger partial charge in [-0.05, 0) is 38.2 Å². The molecular weight excluding hydrogens is 276 g/mol. The summed E-state index contributed by atoms with van der Waals surface area (Å²) in [7, 11) is 0. The van der Waals surface area contributed by atoms with Crippen molar-refractivity contribution in [1.29, 1.82) is 0 Å². The Morgan fingerprint density at radius 3 is 2.00 bits per heavy atom. The Labute approximate surface area is 132 Å². The van der Waals surface area contributed by atoms with Crippen LogP contribution in [-0.2, 0) is 10.2 Å². The maximum absolute atomic E-state index is 12.5. The number of hydrogen-bond donors (Lipinski definition) is 0. The molecule has 118 valence electrons. The predicted molar refractivity (Wildman–Crippen MR) is 85.8 cm³/mol. The van der Waals surface area contributed by atoms with Gasteiger partial charge in [-0.3, -0.25) is 4.79 Å². The van der Waals surface area contributed by atoms with Crippen LogP contribution in [0.15, 0.2) is 30.3 Å². The molecule has 0 saturated carbocycles. The van der Waals surface area contributed by atoms with Gasteiger partial charge in [-0.25, -0.2) is 4.79 Å². The molecule has 2 amide bonds. The molecule has 0 aliphatic carbocycles. The first-order chi connectivity index (χ1) is 10.6. The third-order valence-corrected chi connectivity index (χ3v) is 5.26. The van der Waals surface area contributed by atoms with Gasteiger partial charge in [0.25, 0.3) is 0 Å². The molecule has 0 bridgehead atoms. The van der Waals surface area contributed by atoms with E-state index in [9.17, 15) is 9.59 Å². The van der Waals surface area contributed by atoms with Crippen LogP contribution in [0.25, 0.3) is 0 Å². The molecule has 4 nitrogen and oxygen atoms in total. The maximum Gasteiger partial charge on any atom is 0.319 e. The highest BCUT2D eigenvalue weighted by atomic mass is 16.2. The molecule has 0 spiro atoms. The zero-order chi connectivity index (χ0) is 15.6. The first kappa shape index (κ1) is 15.1. The van der Waals surface area contributed by atoms with Crippen molar-refractivity contribution in [2.45, 2.75) is 38.0 Å². The minimum Gasteiger partial charge on any atom is -0.325 e. The summed E-state index contributed by atoms with van der Waals surface area (Å²) in [4.78, 5) is 28.7. The summed E-state index contributed by atoms with van der Waals surface area (Å²) in [5, 5.41) is 0. The fourth-order valence-electron chi connectivity index (χ4n) is 3.79. The van der Waals surface area contributed by atoms with E-state index < -0.39 is 5.41 Å². The summed E-state index contributed by atoms with van der Waals surface area (Å²) >= 11 is 0. The van der Waals surface area contributed by atoms with E-state index >= 15 is 0 Å². The Balaban J connectivity index is 1.73. The van der Waals surface area contributed by atoms with E-state index in [2.05, 4.69) is 0 Å². The number of nitrogens with zero attached hydrogens (tertiary/aromatic N) is 2. The normalized spacial score (nSPS) is 21.0. The van der Waals surface area contributed by atoms with Crippen molar-refractivity contribution in [3.8, 4) is 0 Å². The first-order valence-corrected chi connectivity index (χ1v) is 8.24. The average Bonchev–Trinajstić information content (AvgIpc) is 3.09. The van der Waals surface area contributed by atoms with Crippen molar-refractivity contribution in [3.63, 3.8) is 0 Å². The Bertz CT molecular complexity index is 541. The van der Waals surface area contributed by atoms with Gasteiger partial charge in [0, 0.05) is 26.2 Å².